The normalized spacial score (nSPS) is 29.7. The Balaban J connectivity index is 1.15. The second kappa shape index (κ2) is 16.3. The lowest BCUT2D eigenvalue weighted by Crippen LogP contribution is -2.57. The second-order valence-electron chi connectivity index (χ2n) is 33.1. The first-order valence-electron chi connectivity index (χ1n) is 31.4. The molecule has 0 spiro atoms. The number of anilines is 7. The van der Waals surface area contributed by atoms with E-state index >= 15 is 0 Å². The van der Waals surface area contributed by atoms with Crippen LogP contribution in [0.1, 0.15) is 241 Å². The molecule has 0 bridgehead atoms. The van der Waals surface area contributed by atoms with Gasteiger partial charge in [0, 0.05) is 62.1 Å². The molecule has 0 amide bonds. The first-order chi connectivity index (χ1) is 36.8. The van der Waals surface area contributed by atoms with Gasteiger partial charge in [0.25, 0.3) is 6.71 Å². The average Bonchev–Trinajstić information content (AvgIpc) is 4.09. The summed E-state index contributed by atoms with van der Waals surface area (Å²) in [5.41, 5.74) is 25.7. The van der Waals surface area contributed by atoms with Crippen LogP contribution in [-0.4, -0.2) is 17.5 Å². The molecule has 3 nitrogen and oxygen atoms in total. The predicted octanol–water partition coefficient (Wildman–Crippen LogP) is 19.3. The SMILES string of the molecule is CC1(C)CCC(C)(C)c2cc(N3C4=C(SC5C4C(C)(C)CCC5(C)C)B4c5cc6c(cc5N(c5ccc7c(c5)C(C)(C)CCC7(C)C)c5cc(N7c8ccccc8C8(C)CCCCC78C)cc3c54)C(C)(C)CCC6(C)C)ccc21. The van der Waals surface area contributed by atoms with Gasteiger partial charge in [0.2, 0.25) is 0 Å². The predicted molar refractivity (Wildman–Crippen MR) is 342 cm³/mol. The summed E-state index contributed by atoms with van der Waals surface area (Å²) in [5.74, 6) is 0.379. The molecule has 2 fully saturated rings. The summed E-state index contributed by atoms with van der Waals surface area (Å²) in [5, 5.41) is 0.460. The first-order valence-corrected chi connectivity index (χ1v) is 32.3. The molecule has 9 aliphatic rings. The molecule has 414 valence electrons. The van der Waals surface area contributed by atoms with Crippen LogP contribution >= 0.6 is 11.8 Å². The number of nitrogens with zero attached hydrogens (tertiary/aromatic N) is 3. The van der Waals surface area contributed by atoms with E-state index in [1.165, 1.54) is 150 Å². The van der Waals surface area contributed by atoms with E-state index in [1.807, 2.05) is 0 Å². The van der Waals surface area contributed by atoms with Crippen molar-refractivity contribution in [3.8, 4) is 0 Å². The summed E-state index contributed by atoms with van der Waals surface area (Å²) < 4.78 is 0. The van der Waals surface area contributed by atoms with Crippen LogP contribution in [-0.2, 0) is 37.9 Å². The molecule has 0 saturated heterocycles. The fourth-order valence-electron chi connectivity index (χ4n) is 18.6. The van der Waals surface area contributed by atoms with Crippen LogP contribution in [0.3, 0.4) is 0 Å². The minimum absolute atomic E-state index is 0.0252. The third-order valence-corrected chi connectivity index (χ3v) is 26.4. The van der Waals surface area contributed by atoms with Crippen LogP contribution < -0.4 is 25.6 Å². The summed E-state index contributed by atoms with van der Waals surface area (Å²) in [4.78, 5) is 10.3. The van der Waals surface area contributed by atoms with E-state index < -0.39 is 0 Å². The van der Waals surface area contributed by atoms with Gasteiger partial charge in [-0.2, -0.15) is 0 Å². The van der Waals surface area contributed by atoms with Crippen molar-refractivity contribution in [1.29, 1.82) is 0 Å². The number of fused-ring (bicyclic) bond motifs is 11. The number of rotatable bonds is 3. The van der Waals surface area contributed by atoms with Crippen LogP contribution in [0.15, 0.2) is 95.4 Å². The molecule has 0 aromatic heterocycles. The highest BCUT2D eigenvalue weighted by Gasteiger charge is 2.62. The lowest BCUT2D eigenvalue weighted by Gasteiger charge is -2.53. The quantitative estimate of drug-likeness (QED) is 0.167. The maximum Gasteiger partial charge on any atom is 0.259 e. The molecule has 0 radical (unpaired) electrons. The van der Waals surface area contributed by atoms with E-state index in [-0.39, 0.29) is 61.0 Å². The van der Waals surface area contributed by atoms with Gasteiger partial charge < -0.3 is 14.7 Å². The third kappa shape index (κ3) is 7.11. The fourth-order valence-corrected chi connectivity index (χ4v) is 20.6. The van der Waals surface area contributed by atoms with Gasteiger partial charge in [0.1, 0.15) is 0 Å². The van der Waals surface area contributed by atoms with Crippen LogP contribution in [0.25, 0.3) is 0 Å². The summed E-state index contributed by atoms with van der Waals surface area (Å²) in [7, 11) is 0. The molecule has 4 aliphatic heterocycles. The standard InChI is InChI=1S/C74H94BN3S/c1-65(2)31-33-67(5,6)51-39-45(25-27-48(51)65)76-57-44-54-53(69(9,10)35-36-70(54,11)12)43-55(57)75-61-58(76)41-47(78-56-24-20-19-23-50(56)73(17)29-21-22-30-74(73,78)18)42-59(61)77(46-26-28-49-52(40-46)68(7,8)34-32-66(49,3)4)62-60-63(79-64(62)75)72(15,16)38-37-71(60,13)14/h19-20,23-28,39-44,60,63H,21-22,29-38H2,1-18H3. The molecule has 5 heteroatoms. The Kier molecular flexibility index (Phi) is 10.8. The summed E-state index contributed by atoms with van der Waals surface area (Å²) in [6, 6.07) is 36.4. The number of hydrogen-bond donors (Lipinski definition) is 0. The largest absolute Gasteiger partial charge is 0.334 e. The van der Waals surface area contributed by atoms with Gasteiger partial charge in [-0.25, -0.2) is 0 Å². The van der Waals surface area contributed by atoms with Crippen molar-refractivity contribution in [2.75, 3.05) is 14.7 Å². The molecule has 4 atom stereocenters. The summed E-state index contributed by atoms with van der Waals surface area (Å²) >= 11 is 2.31. The molecule has 5 aromatic carbocycles. The fraction of sp³-hybridized carbons (Fsp3) is 0.568. The Bertz CT molecular complexity index is 3490. The molecule has 2 saturated carbocycles. The molecule has 4 unspecified atom stereocenters. The van der Waals surface area contributed by atoms with Gasteiger partial charge in [0.15, 0.2) is 0 Å². The van der Waals surface area contributed by atoms with Gasteiger partial charge in [-0.05, 0) is 218 Å². The van der Waals surface area contributed by atoms with E-state index in [4.69, 9.17) is 0 Å². The van der Waals surface area contributed by atoms with Crippen LogP contribution in [0, 0.1) is 16.7 Å². The number of thioether (sulfide) groups is 1. The van der Waals surface area contributed by atoms with Crippen molar-refractivity contribution in [2.45, 2.75) is 250 Å². The second-order valence-corrected chi connectivity index (χ2v) is 34.3. The lowest BCUT2D eigenvalue weighted by molar-refractivity contribution is 0.0881. The molecular formula is C74H94BN3S. The Labute approximate surface area is 482 Å². The van der Waals surface area contributed by atoms with E-state index in [0.717, 1.165) is 0 Å². The maximum atomic E-state index is 2.95. The molecule has 79 heavy (non-hydrogen) atoms. The zero-order valence-electron chi connectivity index (χ0n) is 52.1. The Hall–Kier alpha value is -4.35. The topological polar surface area (TPSA) is 9.72 Å². The van der Waals surface area contributed by atoms with Crippen molar-refractivity contribution < 1.29 is 0 Å². The summed E-state index contributed by atoms with van der Waals surface area (Å²) in [6.45, 7) is 46.2. The van der Waals surface area contributed by atoms with Gasteiger partial charge >= 0.3 is 0 Å². The number of benzene rings is 5. The van der Waals surface area contributed by atoms with E-state index in [1.54, 1.807) is 27.2 Å². The molecule has 5 aromatic rings. The average molecular weight is 1070 g/mol. The van der Waals surface area contributed by atoms with Crippen LogP contribution in [0.2, 0.25) is 0 Å². The maximum absolute atomic E-state index is 2.95. The summed E-state index contributed by atoms with van der Waals surface area (Å²) in [6.07, 6.45) is 14.6. The monoisotopic (exact) mass is 1070 g/mol. The zero-order valence-corrected chi connectivity index (χ0v) is 52.9. The number of allylic oxidation sites excluding steroid dienone is 1. The van der Waals surface area contributed by atoms with Gasteiger partial charge in [-0.1, -0.05) is 167 Å². The minimum Gasteiger partial charge on any atom is -0.334 e. The van der Waals surface area contributed by atoms with Crippen molar-refractivity contribution in [1.82, 2.24) is 0 Å². The van der Waals surface area contributed by atoms with Crippen molar-refractivity contribution in [3.63, 3.8) is 0 Å². The highest BCUT2D eigenvalue weighted by molar-refractivity contribution is 8.06. The molecule has 4 heterocycles. The van der Waals surface area contributed by atoms with Crippen molar-refractivity contribution >= 4 is 69.2 Å². The smallest absolute Gasteiger partial charge is 0.259 e. The molecule has 0 N–H and O–H groups in total. The van der Waals surface area contributed by atoms with Gasteiger partial charge in [0.05, 0.1) is 5.54 Å². The highest BCUT2D eigenvalue weighted by atomic mass is 32.2. The third-order valence-electron chi connectivity index (χ3n) is 24.5. The molecule has 14 rings (SSSR count). The van der Waals surface area contributed by atoms with Crippen molar-refractivity contribution in [3.05, 3.63) is 134 Å². The Morgan fingerprint density at radius 3 is 1.47 bits per heavy atom. The van der Waals surface area contributed by atoms with Gasteiger partial charge in [-0.3, -0.25) is 0 Å². The Morgan fingerprint density at radius 2 is 0.886 bits per heavy atom. The minimum atomic E-state index is -0.0994. The van der Waals surface area contributed by atoms with Crippen molar-refractivity contribution in [2.24, 2.45) is 16.7 Å². The van der Waals surface area contributed by atoms with Gasteiger partial charge in [-0.15, -0.1) is 11.8 Å². The van der Waals surface area contributed by atoms with Crippen LogP contribution in [0.5, 0.6) is 0 Å². The first kappa shape index (κ1) is 52.7. The van der Waals surface area contributed by atoms with E-state index in [2.05, 4.69) is 236 Å². The number of hydrogen-bond acceptors (Lipinski definition) is 4. The van der Waals surface area contributed by atoms with E-state index in [9.17, 15) is 0 Å². The van der Waals surface area contributed by atoms with E-state index in [0.29, 0.717) is 11.2 Å². The zero-order chi connectivity index (χ0) is 55.9. The van der Waals surface area contributed by atoms with Crippen LogP contribution in [0.4, 0.5) is 39.8 Å². The molecule has 5 aliphatic carbocycles. The Morgan fingerprint density at radius 1 is 0.405 bits per heavy atom. The number of para-hydroxylation sites is 1. The lowest BCUT2D eigenvalue weighted by atomic mass is 9.35. The molecular weight excluding hydrogens is 974 g/mol. The highest BCUT2D eigenvalue weighted by Crippen LogP contribution is 2.68.